The van der Waals surface area contributed by atoms with E-state index in [9.17, 15) is 0 Å². The molecular weight excluding hydrogens is 498 g/mol. The first-order chi connectivity index (χ1) is 20.3. The van der Waals surface area contributed by atoms with Crippen LogP contribution in [0.3, 0.4) is 0 Å². The van der Waals surface area contributed by atoms with E-state index in [1.807, 2.05) is 0 Å². The van der Waals surface area contributed by atoms with Crippen molar-refractivity contribution >= 4 is 65.3 Å². The Hall–Kier alpha value is -5.34. The van der Waals surface area contributed by atoms with Gasteiger partial charge in [0.2, 0.25) is 0 Å². The summed E-state index contributed by atoms with van der Waals surface area (Å²) in [4.78, 5) is 0. The van der Waals surface area contributed by atoms with Crippen LogP contribution in [0.25, 0.3) is 82.1 Å². The van der Waals surface area contributed by atoms with Crippen molar-refractivity contribution in [3.8, 4) is 16.8 Å². The molecule has 0 atom stereocenters. The fraction of sp³-hybridized carbons (Fsp3) is 0.0256. The fourth-order valence-electron chi connectivity index (χ4n) is 6.85. The predicted octanol–water partition coefficient (Wildman–Crippen LogP) is 11.0. The maximum atomic E-state index is 6.72. The van der Waals surface area contributed by atoms with Crippen molar-refractivity contribution in [1.29, 1.82) is 0 Å². The molecule has 0 radical (unpaired) electrons. The highest BCUT2D eigenvalue weighted by Gasteiger charge is 2.18. The monoisotopic (exact) mass is 523 g/mol. The van der Waals surface area contributed by atoms with Crippen molar-refractivity contribution in [2.75, 3.05) is 0 Å². The van der Waals surface area contributed by atoms with Crippen molar-refractivity contribution in [2.45, 2.75) is 6.92 Å². The Morgan fingerprint density at radius 2 is 1.07 bits per heavy atom. The van der Waals surface area contributed by atoms with Gasteiger partial charge in [-0.2, -0.15) is 0 Å². The lowest BCUT2D eigenvalue weighted by molar-refractivity contribution is 0.664. The molecule has 0 saturated carbocycles. The molecule has 0 aliphatic rings. The van der Waals surface area contributed by atoms with Crippen LogP contribution < -0.4 is 0 Å². The summed E-state index contributed by atoms with van der Waals surface area (Å²) in [5, 5.41) is 9.68. The first kappa shape index (κ1) is 22.5. The van der Waals surface area contributed by atoms with E-state index in [-0.39, 0.29) is 0 Å². The molecule has 0 bridgehead atoms. The molecular formula is C39H25NO. The second-order valence-corrected chi connectivity index (χ2v) is 11.0. The summed E-state index contributed by atoms with van der Waals surface area (Å²) in [6.45, 7) is 2.17. The highest BCUT2D eigenvalue weighted by molar-refractivity contribution is 6.25. The minimum Gasteiger partial charge on any atom is -0.456 e. The number of benzene rings is 7. The lowest BCUT2D eigenvalue weighted by atomic mass is 9.97. The van der Waals surface area contributed by atoms with Gasteiger partial charge in [-0.15, -0.1) is 0 Å². The molecule has 192 valence electrons. The maximum Gasteiger partial charge on any atom is 0.136 e. The average molecular weight is 524 g/mol. The molecule has 0 fully saturated rings. The summed E-state index contributed by atoms with van der Waals surface area (Å²) in [5.41, 5.74) is 9.04. The molecule has 0 amide bonds. The normalized spacial score (nSPS) is 12.0. The largest absolute Gasteiger partial charge is 0.456 e. The van der Waals surface area contributed by atoms with E-state index < -0.39 is 0 Å². The van der Waals surface area contributed by atoms with Gasteiger partial charge in [0.05, 0.1) is 16.7 Å². The zero-order chi connectivity index (χ0) is 27.1. The second-order valence-electron chi connectivity index (χ2n) is 11.0. The Morgan fingerprint density at radius 1 is 0.439 bits per heavy atom. The summed E-state index contributed by atoms with van der Waals surface area (Å²) in [6.07, 6.45) is 0. The molecule has 0 unspecified atom stereocenters. The topological polar surface area (TPSA) is 18.1 Å². The van der Waals surface area contributed by atoms with Crippen LogP contribution in [-0.2, 0) is 0 Å². The molecule has 0 aliphatic heterocycles. The van der Waals surface area contributed by atoms with E-state index in [2.05, 4.69) is 145 Å². The predicted molar refractivity (Wildman–Crippen MR) is 173 cm³/mol. The number of hydrogen-bond acceptors (Lipinski definition) is 1. The summed E-state index contributed by atoms with van der Waals surface area (Å²) in [6, 6.07) is 48.1. The smallest absolute Gasteiger partial charge is 0.136 e. The molecule has 2 aromatic heterocycles. The van der Waals surface area contributed by atoms with Crippen LogP contribution in [-0.4, -0.2) is 4.57 Å². The summed E-state index contributed by atoms with van der Waals surface area (Å²) >= 11 is 0. The standard InChI is InChI=1S/C39H25NO/c1-24-17-21-36-38-27(24)12-7-13-30(38)31-14-8-15-32-34(20-22-37(41-36)39(31)32)40-33-16-6-5-11-28(33)29-19-18-26(23-35(29)40)25-9-3-2-4-10-25/h2-23H,1H3. The molecule has 9 aromatic rings. The molecule has 7 aromatic carbocycles. The zero-order valence-electron chi connectivity index (χ0n) is 22.6. The third kappa shape index (κ3) is 3.13. The van der Waals surface area contributed by atoms with Gasteiger partial charge in [0.25, 0.3) is 0 Å². The molecule has 9 rings (SSSR count). The molecule has 2 heterocycles. The van der Waals surface area contributed by atoms with Crippen molar-refractivity contribution < 1.29 is 4.42 Å². The maximum absolute atomic E-state index is 6.72. The van der Waals surface area contributed by atoms with E-state index in [1.165, 1.54) is 65.4 Å². The summed E-state index contributed by atoms with van der Waals surface area (Å²) in [7, 11) is 0. The Kier molecular flexibility index (Phi) is 4.57. The Labute approximate surface area is 236 Å². The van der Waals surface area contributed by atoms with Gasteiger partial charge in [-0.25, -0.2) is 0 Å². The summed E-state index contributed by atoms with van der Waals surface area (Å²) in [5.74, 6) is 0. The lowest BCUT2D eigenvalue weighted by Crippen LogP contribution is -1.96. The quantitative estimate of drug-likeness (QED) is 0.220. The fourth-order valence-corrected chi connectivity index (χ4v) is 6.85. The van der Waals surface area contributed by atoms with Gasteiger partial charge in [-0.05, 0) is 70.1 Å². The van der Waals surface area contributed by atoms with Crippen LogP contribution in [0.4, 0.5) is 0 Å². The van der Waals surface area contributed by atoms with E-state index in [0.29, 0.717) is 0 Å². The second kappa shape index (κ2) is 8.33. The number of fused-ring (bicyclic) bond motifs is 4. The van der Waals surface area contributed by atoms with Crippen LogP contribution in [0.15, 0.2) is 138 Å². The van der Waals surface area contributed by atoms with E-state index in [1.54, 1.807) is 0 Å². The number of hydrogen-bond donors (Lipinski definition) is 0. The first-order valence-electron chi connectivity index (χ1n) is 14.1. The highest BCUT2D eigenvalue weighted by atomic mass is 16.3. The minimum absolute atomic E-state index is 0.895. The average Bonchev–Trinajstić information content (AvgIpc) is 3.28. The third-order valence-electron chi connectivity index (χ3n) is 8.73. The van der Waals surface area contributed by atoms with Crippen LogP contribution in [0, 0.1) is 6.92 Å². The Morgan fingerprint density at radius 3 is 1.90 bits per heavy atom. The molecule has 0 saturated heterocycles. The van der Waals surface area contributed by atoms with Crippen molar-refractivity contribution in [3.63, 3.8) is 0 Å². The highest BCUT2D eigenvalue weighted by Crippen LogP contribution is 2.41. The first-order valence-corrected chi connectivity index (χ1v) is 14.1. The van der Waals surface area contributed by atoms with Gasteiger partial charge < -0.3 is 8.98 Å². The number of para-hydroxylation sites is 1. The van der Waals surface area contributed by atoms with E-state index >= 15 is 0 Å². The minimum atomic E-state index is 0.895. The molecule has 0 aliphatic carbocycles. The molecule has 2 heteroatoms. The van der Waals surface area contributed by atoms with Crippen molar-refractivity contribution in [1.82, 2.24) is 4.57 Å². The number of nitrogens with zero attached hydrogens (tertiary/aromatic N) is 1. The van der Waals surface area contributed by atoms with Gasteiger partial charge >= 0.3 is 0 Å². The number of rotatable bonds is 2. The van der Waals surface area contributed by atoms with Crippen LogP contribution in [0.2, 0.25) is 0 Å². The van der Waals surface area contributed by atoms with Crippen molar-refractivity contribution in [2.24, 2.45) is 0 Å². The van der Waals surface area contributed by atoms with Gasteiger partial charge in [-0.1, -0.05) is 103 Å². The van der Waals surface area contributed by atoms with Crippen LogP contribution in [0.1, 0.15) is 5.56 Å². The van der Waals surface area contributed by atoms with E-state index in [0.717, 1.165) is 22.2 Å². The summed E-state index contributed by atoms with van der Waals surface area (Å²) < 4.78 is 9.15. The lowest BCUT2D eigenvalue weighted by Gasteiger charge is -2.13. The van der Waals surface area contributed by atoms with E-state index in [4.69, 9.17) is 4.42 Å². The van der Waals surface area contributed by atoms with Crippen molar-refractivity contribution in [3.05, 3.63) is 139 Å². The van der Waals surface area contributed by atoms with Crippen LogP contribution in [0.5, 0.6) is 0 Å². The number of aromatic nitrogens is 1. The molecule has 0 spiro atoms. The van der Waals surface area contributed by atoms with Crippen LogP contribution >= 0.6 is 0 Å². The van der Waals surface area contributed by atoms with Gasteiger partial charge in [-0.3, -0.25) is 0 Å². The Balaban J connectivity index is 1.45. The molecule has 0 N–H and O–H groups in total. The van der Waals surface area contributed by atoms with Gasteiger partial charge in [0, 0.05) is 26.9 Å². The number of aryl methyl sites for hydroxylation is 1. The van der Waals surface area contributed by atoms with Gasteiger partial charge in [0.15, 0.2) is 0 Å². The zero-order valence-corrected chi connectivity index (χ0v) is 22.6. The Bertz CT molecular complexity index is 2480. The SMILES string of the molecule is Cc1ccc2oc3ccc(-n4c5ccccc5c5ccc(-c6ccccc6)cc54)c4cccc(c5cccc1c25)c34. The van der Waals surface area contributed by atoms with Gasteiger partial charge in [0.1, 0.15) is 11.2 Å². The molecule has 41 heavy (non-hydrogen) atoms. The third-order valence-corrected chi connectivity index (χ3v) is 8.73. The molecule has 2 nitrogen and oxygen atoms in total.